The molecule has 2 aromatic rings. The van der Waals surface area contributed by atoms with Gasteiger partial charge in [0.25, 0.3) is 0 Å². The minimum absolute atomic E-state index is 0.0206. The number of benzene rings is 2. The van der Waals surface area contributed by atoms with Crippen molar-refractivity contribution in [1.29, 1.82) is 0 Å². The van der Waals surface area contributed by atoms with Crippen LogP contribution in [-0.4, -0.2) is 59.4 Å². The van der Waals surface area contributed by atoms with Crippen molar-refractivity contribution >= 4 is 17.7 Å². The van der Waals surface area contributed by atoms with E-state index in [4.69, 9.17) is 14.2 Å². The number of hydrogen-bond acceptors (Lipinski definition) is 7. The topological polar surface area (TPSA) is 109 Å². The zero-order valence-corrected chi connectivity index (χ0v) is 24.2. The number of ether oxygens (including phenoxy) is 3. The maximum absolute atomic E-state index is 13.0. The number of hydrogen-bond donors (Lipinski definition) is 3. The van der Waals surface area contributed by atoms with Gasteiger partial charge in [0.1, 0.15) is 11.6 Å². The number of nitrogens with zero attached hydrogens (tertiary/aromatic N) is 1. The molecule has 3 N–H and O–H groups in total. The van der Waals surface area contributed by atoms with Gasteiger partial charge in [-0.25, -0.2) is 4.79 Å². The number of aliphatic hydroxyl groups is 1. The van der Waals surface area contributed by atoms with E-state index in [0.29, 0.717) is 18.8 Å². The van der Waals surface area contributed by atoms with Crippen molar-refractivity contribution in [2.24, 2.45) is 5.92 Å². The Morgan fingerprint density at radius 1 is 1.10 bits per heavy atom. The molecular formula is C31H43N3O6. The molecule has 2 aliphatic rings. The van der Waals surface area contributed by atoms with Gasteiger partial charge in [-0.15, -0.1) is 0 Å². The fourth-order valence-corrected chi connectivity index (χ4v) is 5.34. The smallest absolute Gasteiger partial charge is 0.323 e. The lowest BCUT2D eigenvalue weighted by molar-refractivity contribution is -0.276. The Balaban J connectivity index is 1.59. The molecule has 5 atom stereocenters. The van der Waals surface area contributed by atoms with Gasteiger partial charge >= 0.3 is 12.0 Å². The van der Waals surface area contributed by atoms with Crippen molar-refractivity contribution in [3.8, 4) is 0 Å². The minimum Gasteiger partial charge on any atom is -0.459 e. The molecule has 2 aliphatic heterocycles. The van der Waals surface area contributed by atoms with Crippen LogP contribution in [-0.2, 0) is 25.6 Å². The lowest BCUT2D eigenvalue weighted by Crippen LogP contribution is -2.48. The highest BCUT2D eigenvalue weighted by atomic mass is 16.7. The maximum Gasteiger partial charge on any atom is 0.323 e. The van der Waals surface area contributed by atoms with E-state index in [1.54, 1.807) is 0 Å². The summed E-state index contributed by atoms with van der Waals surface area (Å²) in [6.07, 6.45) is 0.491. The number of rotatable bonds is 8. The van der Waals surface area contributed by atoms with Crippen LogP contribution in [0, 0.1) is 5.92 Å². The summed E-state index contributed by atoms with van der Waals surface area (Å²) in [5.41, 5.74) is 2.70. The van der Waals surface area contributed by atoms with Crippen molar-refractivity contribution in [2.45, 2.75) is 84.2 Å². The first kappa shape index (κ1) is 30.0. The molecule has 0 saturated carbocycles. The standard InChI is InChI=1S/C31H43N3O6/c1-6-32-30(37)33-24-10-7-9-23(17-24)29-38-26(18-34-16-8-11-25(34)28(36)40-31(3,4)5)20(2)27(39-29)22-14-12-21(19-35)13-15-22/h7,9-10,12-15,17,20,25-27,29,35H,6,8,11,16,18-19H2,1-5H3,(H2,32,33,37). The van der Waals surface area contributed by atoms with Crippen LogP contribution in [0.15, 0.2) is 48.5 Å². The van der Waals surface area contributed by atoms with Gasteiger partial charge < -0.3 is 30.0 Å². The molecule has 218 valence electrons. The van der Waals surface area contributed by atoms with Gasteiger partial charge in [0, 0.05) is 30.3 Å². The summed E-state index contributed by atoms with van der Waals surface area (Å²) in [4.78, 5) is 27.3. The van der Waals surface area contributed by atoms with Gasteiger partial charge in [0.15, 0.2) is 6.29 Å². The van der Waals surface area contributed by atoms with Gasteiger partial charge in [-0.1, -0.05) is 43.3 Å². The van der Waals surface area contributed by atoms with E-state index < -0.39 is 11.9 Å². The second kappa shape index (κ2) is 13.1. The Morgan fingerprint density at radius 2 is 1.85 bits per heavy atom. The van der Waals surface area contributed by atoms with Crippen LogP contribution in [0.5, 0.6) is 0 Å². The second-order valence-electron chi connectivity index (χ2n) is 11.6. The van der Waals surface area contributed by atoms with E-state index in [1.807, 2.05) is 76.2 Å². The average Bonchev–Trinajstić information content (AvgIpc) is 3.38. The summed E-state index contributed by atoms with van der Waals surface area (Å²) >= 11 is 0. The highest BCUT2D eigenvalue weighted by Crippen LogP contribution is 2.42. The summed E-state index contributed by atoms with van der Waals surface area (Å²) in [7, 11) is 0. The molecule has 2 aromatic carbocycles. The first-order valence-corrected chi connectivity index (χ1v) is 14.2. The molecule has 9 nitrogen and oxygen atoms in total. The number of urea groups is 1. The number of esters is 1. The van der Waals surface area contributed by atoms with Crippen molar-refractivity contribution in [3.63, 3.8) is 0 Å². The normalized spacial score (nSPS) is 25.4. The Bertz CT molecular complexity index is 1150. The average molecular weight is 554 g/mol. The minimum atomic E-state index is -0.678. The van der Waals surface area contributed by atoms with Crippen LogP contribution in [0.3, 0.4) is 0 Å². The molecule has 4 rings (SSSR count). The highest BCUT2D eigenvalue weighted by Gasteiger charge is 2.42. The van der Waals surface area contributed by atoms with Gasteiger partial charge in [-0.2, -0.15) is 0 Å². The molecule has 0 aliphatic carbocycles. The lowest BCUT2D eigenvalue weighted by atomic mass is 9.90. The third-order valence-electron chi connectivity index (χ3n) is 7.33. The van der Waals surface area contributed by atoms with E-state index >= 15 is 0 Å². The summed E-state index contributed by atoms with van der Waals surface area (Å²) in [5.74, 6) is -0.214. The lowest BCUT2D eigenvalue weighted by Gasteiger charge is -2.43. The van der Waals surface area contributed by atoms with E-state index in [0.717, 1.165) is 36.1 Å². The van der Waals surface area contributed by atoms with Crippen molar-refractivity contribution in [3.05, 3.63) is 65.2 Å². The van der Waals surface area contributed by atoms with Gasteiger partial charge in [0.2, 0.25) is 0 Å². The molecule has 0 spiro atoms. The quantitative estimate of drug-likeness (QED) is 0.398. The van der Waals surface area contributed by atoms with Crippen LogP contribution in [0.25, 0.3) is 0 Å². The molecule has 2 saturated heterocycles. The van der Waals surface area contributed by atoms with Gasteiger partial charge in [-0.05, 0) is 70.3 Å². The van der Waals surface area contributed by atoms with Crippen LogP contribution in [0.4, 0.5) is 10.5 Å². The number of nitrogens with one attached hydrogen (secondary N) is 2. The third-order valence-corrected chi connectivity index (χ3v) is 7.33. The Morgan fingerprint density at radius 3 is 2.52 bits per heavy atom. The van der Waals surface area contributed by atoms with Crippen LogP contribution in [0.1, 0.15) is 76.5 Å². The zero-order chi connectivity index (χ0) is 28.9. The summed E-state index contributed by atoms with van der Waals surface area (Å²) < 4.78 is 18.9. The molecular weight excluding hydrogens is 510 g/mol. The predicted octanol–water partition coefficient (Wildman–Crippen LogP) is 4.92. The number of amides is 2. The molecule has 2 amide bonds. The Hall–Kier alpha value is -2.98. The Kier molecular flexibility index (Phi) is 9.84. The molecule has 0 bridgehead atoms. The second-order valence-corrected chi connectivity index (χ2v) is 11.6. The molecule has 2 fully saturated rings. The van der Waals surface area contributed by atoms with Crippen molar-refractivity contribution in [2.75, 3.05) is 25.0 Å². The largest absolute Gasteiger partial charge is 0.459 e. The van der Waals surface area contributed by atoms with Crippen LogP contribution < -0.4 is 10.6 Å². The molecule has 40 heavy (non-hydrogen) atoms. The maximum atomic E-state index is 13.0. The highest BCUT2D eigenvalue weighted by molar-refractivity contribution is 5.89. The monoisotopic (exact) mass is 553 g/mol. The fraction of sp³-hybridized carbons (Fsp3) is 0.548. The summed E-state index contributed by atoms with van der Waals surface area (Å²) in [6, 6.07) is 14.7. The van der Waals surface area contributed by atoms with E-state index in [2.05, 4.69) is 22.5 Å². The molecule has 0 aromatic heterocycles. The predicted molar refractivity (Wildman–Crippen MR) is 153 cm³/mol. The van der Waals surface area contributed by atoms with Gasteiger partial charge in [0.05, 0.1) is 18.8 Å². The number of carbonyl (C=O) groups is 2. The number of anilines is 1. The molecule has 9 heteroatoms. The number of aliphatic hydroxyl groups excluding tert-OH is 1. The SMILES string of the molecule is CCNC(=O)Nc1cccc(C2OC(CN3CCCC3C(=O)OC(C)(C)C)C(C)C(c3ccc(CO)cc3)O2)c1. The molecule has 0 radical (unpaired) electrons. The fourth-order valence-electron chi connectivity index (χ4n) is 5.34. The third kappa shape index (κ3) is 7.60. The molecule has 2 heterocycles. The first-order valence-electron chi connectivity index (χ1n) is 14.2. The summed E-state index contributed by atoms with van der Waals surface area (Å²) in [6.45, 7) is 11.5. The Labute approximate surface area is 237 Å². The van der Waals surface area contributed by atoms with Gasteiger partial charge in [-0.3, -0.25) is 9.69 Å². The number of carbonyl (C=O) groups excluding carboxylic acids is 2. The van der Waals surface area contributed by atoms with Crippen molar-refractivity contribution < 1.29 is 28.9 Å². The number of likely N-dealkylation sites (tertiary alicyclic amines) is 1. The van der Waals surface area contributed by atoms with E-state index in [1.165, 1.54) is 0 Å². The van der Waals surface area contributed by atoms with Crippen molar-refractivity contribution in [1.82, 2.24) is 10.2 Å². The first-order chi connectivity index (χ1) is 19.1. The van der Waals surface area contributed by atoms with Crippen LogP contribution in [0.2, 0.25) is 0 Å². The zero-order valence-electron chi connectivity index (χ0n) is 24.2. The van der Waals surface area contributed by atoms with Crippen LogP contribution >= 0.6 is 0 Å². The summed E-state index contributed by atoms with van der Waals surface area (Å²) in [5, 5.41) is 15.1. The van der Waals surface area contributed by atoms with E-state index in [-0.39, 0.29) is 42.8 Å². The van der Waals surface area contributed by atoms with E-state index in [9.17, 15) is 14.7 Å². The molecule has 5 unspecified atom stereocenters.